The Bertz CT molecular complexity index is 740. The average Bonchev–Trinajstić information content (AvgIpc) is 2.82. The minimum Gasteiger partial charge on any atom is -0.483 e. The number of rotatable bonds is 4. The Hall–Kier alpha value is -2.01. The highest BCUT2D eigenvalue weighted by Gasteiger charge is 2.32. The first kappa shape index (κ1) is 15.9. The summed E-state index contributed by atoms with van der Waals surface area (Å²) in [7, 11) is 0. The second kappa shape index (κ2) is 6.24. The molecule has 0 aliphatic carbocycles. The molecule has 0 radical (unpaired) electrons. The molecule has 1 aliphatic heterocycles. The first-order valence-corrected chi connectivity index (χ1v) is 8.13. The summed E-state index contributed by atoms with van der Waals surface area (Å²) in [6.45, 7) is 3.87. The minimum atomic E-state index is -0.466. The molecule has 0 saturated heterocycles. The highest BCUT2D eigenvalue weighted by molar-refractivity contribution is 9.10. The van der Waals surface area contributed by atoms with Crippen molar-refractivity contribution in [3.63, 3.8) is 0 Å². The summed E-state index contributed by atoms with van der Waals surface area (Å²) in [6, 6.07) is 12.9. The number of para-hydroxylation sites is 2. The van der Waals surface area contributed by atoms with Crippen molar-refractivity contribution in [1.29, 1.82) is 0 Å². The van der Waals surface area contributed by atoms with Crippen molar-refractivity contribution in [3.05, 3.63) is 52.5 Å². The van der Waals surface area contributed by atoms with Gasteiger partial charge in [-0.3, -0.25) is 0 Å². The lowest BCUT2D eigenvalue weighted by atomic mass is 10.0. The first-order chi connectivity index (χ1) is 10.9. The maximum atomic E-state index is 12.0. The quantitative estimate of drug-likeness (QED) is 0.593. The number of hydrogen-bond donors (Lipinski definition) is 0. The van der Waals surface area contributed by atoms with E-state index >= 15 is 0 Å². The first-order valence-electron chi connectivity index (χ1n) is 7.33. The summed E-state index contributed by atoms with van der Waals surface area (Å²) in [5.74, 6) is 1.28. The summed E-state index contributed by atoms with van der Waals surface area (Å²) in [4.78, 5) is 12.0. The zero-order valence-corrected chi connectivity index (χ0v) is 14.6. The van der Waals surface area contributed by atoms with Gasteiger partial charge in [-0.15, -0.1) is 0 Å². The number of ether oxygens (including phenoxy) is 3. The van der Waals surface area contributed by atoms with Crippen LogP contribution in [0.1, 0.15) is 19.4 Å². The largest absolute Gasteiger partial charge is 0.483 e. The molecule has 23 heavy (non-hydrogen) atoms. The van der Waals surface area contributed by atoms with Crippen LogP contribution in [0.25, 0.3) is 0 Å². The second-order valence-electron chi connectivity index (χ2n) is 5.98. The molecule has 0 saturated carbocycles. The van der Waals surface area contributed by atoms with Crippen LogP contribution in [0.4, 0.5) is 0 Å². The maximum absolute atomic E-state index is 12.0. The standard InChI is InChI=1S/C18H17BrO4/c1-18(2)10-12-6-5-9-15(17(12)23-18)21-11-16(20)22-14-8-4-3-7-13(14)19/h3-9H,10-11H2,1-2H3. The lowest BCUT2D eigenvalue weighted by molar-refractivity contribution is -0.136. The van der Waals surface area contributed by atoms with Crippen molar-refractivity contribution in [2.24, 2.45) is 0 Å². The van der Waals surface area contributed by atoms with Crippen molar-refractivity contribution in [3.8, 4) is 17.2 Å². The maximum Gasteiger partial charge on any atom is 0.349 e. The molecule has 0 spiro atoms. The Labute approximate surface area is 143 Å². The third kappa shape index (κ3) is 3.67. The van der Waals surface area contributed by atoms with Gasteiger partial charge in [-0.25, -0.2) is 4.79 Å². The van der Waals surface area contributed by atoms with Crippen LogP contribution < -0.4 is 14.2 Å². The molecule has 0 N–H and O–H groups in total. The van der Waals surface area contributed by atoms with E-state index in [2.05, 4.69) is 15.9 Å². The van der Waals surface area contributed by atoms with Gasteiger partial charge in [-0.05, 0) is 48.0 Å². The highest BCUT2D eigenvalue weighted by atomic mass is 79.9. The predicted molar refractivity (Wildman–Crippen MR) is 90.1 cm³/mol. The van der Waals surface area contributed by atoms with Crippen LogP contribution in [0.3, 0.4) is 0 Å². The van der Waals surface area contributed by atoms with Crippen LogP contribution in [0.5, 0.6) is 17.2 Å². The number of carbonyl (C=O) groups is 1. The molecule has 0 aromatic heterocycles. The number of carbonyl (C=O) groups excluding carboxylic acids is 1. The molecule has 1 heterocycles. The monoisotopic (exact) mass is 376 g/mol. The smallest absolute Gasteiger partial charge is 0.349 e. The van der Waals surface area contributed by atoms with Crippen molar-refractivity contribution in [2.75, 3.05) is 6.61 Å². The molecule has 120 valence electrons. The van der Waals surface area contributed by atoms with Gasteiger partial charge in [0.05, 0.1) is 4.47 Å². The van der Waals surface area contributed by atoms with Crippen molar-refractivity contribution in [1.82, 2.24) is 0 Å². The second-order valence-corrected chi connectivity index (χ2v) is 6.83. The lowest BCUT2D eigenvalue weighted by Crippen LogP contribution is -2.25. The molecule has 0 atom stereocenters. The van der Waals surface area contributed by atoms with Crippen LogP contribution in [0.15, 0.2) is 46.9 Å². The van der Waals surface area contributed by atoms with Gasteiger partial charge in [-0.2, -0.15) is 0 Å². The van der Waals surface area contributed by atoms with Crippen LogP contribution >= 0.6 is 15.9 Å². The van der Waals surface area contributed by atoms with Crippen LogP contribution in [0.2, 0.25) is 0 Å². The van der Waals surface area contributed by atoms with E-state index in [0.29, 0.717) is 17.2 Å². The molecule has 1 aliphatic rings. The predicted octanol–water partition coefficient (Wildman–Crippen LogP) is 4.15. The molecule has 0 unspecified atom stereocenters. The van der Waals surface area contributed by atoms with Crippen LogP contribution in [-0.4, -0.2) is 18.2 Å². The van der Waals surface area contributed by atoms with Crippen molar-refractivity contribution < 1.29 is 19.0 Å². The van der Waals surface area contributed by atoms with Gasteiger partial charge in [0, 0.05) is 12.0 Å². The molecule has 5 heteroatoms. The normalized spacial score (nSPS) is 14.7. The Kier molecular flexibility index (Phi) is 4.31. The fourth-order valence-corrected chi connectivity index (χ4v) is 2.88. The number of halogens is 1. The summed E-state index contributed by atoms with van der Waals surface area (Å²) in [5, 5.41) is 0. The van der Waals surface area contributed by atoms with E-state index in [-0.39, 0.29) is 12.2 Å². The van der Waals surface area contributed by atoms with E-state index in [9.17, 15) is 4.79 Å². The molecule has 0 fully saturated rings. The number of esters is 1. The topological polar surface area (TPSA) is 44.8 Å². The summed E-state index contributed by atoms with van der Waals surface area (Å²) in [5.41, 5.74) is 0.837. The van der Waals surface area contributed by atoms with E-state index in [0.717, 1.165) is 16.5 Å². The zero-order valence-electron chi connectivity index (χ0n) is 13.0. The minimum absolute atomic E-state index is 0.179. The third-order valence-electron chi connectivity index (χ3n) is 3.46. The van der Waals surface area contributed by atoms with Crippen LogP contribution in [-0.2, 0) is 11.2 Å². The molecule has 2 aromatic carbocycles. The highest BCUT2D eigenvalue weighted by Crippen LogP contribution is 2.41. The zero-order chi connectivity index (χ0) is 16.4. The number of hydrogen-bond acceptors (Lipinski definition) is 4. The molecule has 2 aromatic rings. The molecule has 0 bridgehead atoms. The summed E-state index contributed by atoms with van der Waals surface area (Å²) in [6.07, 6.45) is 0.820. The van der Waals surface area contributed by atoms with Crippen molar-refractivity contribution in [2.45, 2.75) is 25.9 Å². The molecular formula is C18H17BrO4. The lowest BCUT2D eigenvalue weighted by Gasteiger charge is -2.18. The fourth-order valence-electron chi connectivity index (χ4n) is 2.52. The SMILES string of the molecule is CC1(C)Cc2cccc(OCC(=O)Oc3ccccc3Br)c2O1. The van der Waals surface area contributed by atoms with Gasteiger partial charge in [-0.1, -0.05) is 24.3 Å². The Balaban J connectivity index is 1.65. The van der Waals surface area contributed by atoms with Gasteiger partial charge in [0.1, 0.15) is 11.4 Å². The van der Waals surface area contributed by atoms with Gasteiger partial charge in [0.25, 0.3) is 0 Å². The number of benzene rings is 2. The summed E-state index contributed by atoms with van der Waals surface area (Å²) < 4.78 is 17.5. The Morgan fingerprint density at radius 2 is 1.91 bits per heavy atom. The van der Waals surface area contributed by atoms with Gasteiger partial charge in [0.15, 0.2) is 18.1 Å². The van der Waals surface area contributed by atoms with Gasteiger partial charge < -0.3 is 14.2 Å². The summed E-state index contributed by atoms with van der Waals surface area (Å²) >= 11 is 3.34. The molecule has 4 nitrogen and oxygen atoms in total. The van der Waals surface area contributed by atoms with Gasteiger partial charge >= 0.3 is 5.97 Å². The number of fused-ring (bicyclic) bond motifs is 1. The molecule has 3 rings (SSSR count). The van der Waals surface area contributed by atoms with E-state index < -0.39 is 5.97 Å². The van der Waals surface area contributed by atoms with E-state index in [4.69, 9.17) is 14.2 Å². The molecule has 0 amide bonds. The molecular weight excluding hydrogens is 360 g/mol. The fraction of sp³-hybridized carbons (Fsp3) is 0.278. The third-order valence-corrected chi connectivity index (χ3v) is 4.12. The van der Waals surface area contributed by atoms with Crippen LogP contribution in [0, 0.1) is 0 Å². The van der Waals surface area contributed by atoms with E-state index in [1.165, 1.54) is 0 Å². The Morgan fingerprint density at radius 3 is 2.70 bits per heavy atom. The average molecular weight is 377 g/mol. The Morgan fingerprint density at radius 1 is 1.17 bits per heavy atom. The van der Waals surface area contributed by atoms with E-state index in [1.54, 1.807) is 18.2 Å². The van der Waals surface area contributed by atoms with Crippen molar-refractivity contribution >= 4 is 21.9 Å². The van der Waals surface area contributed by atoms with Gasteiger partial charge in [0.2, 0.25) is 0 Å². The van der Waals surface area contributed by atoms with E-state index in [1.807, 2.05) is 38.1 Å².